The monoisotopic (exact) mass is 636 g/mol. The van der Waals surface area contributed by atoms with Crippen LogP contribution in [0.15, 0.2) is 87.5 Å². The summed E-state index contributed by atoms with van der Waals surface area (Å²) in [5.74, 6) is -13.0. The lowest BCUT2D eigenvalue weighted by Crippen LogP contribution is -2.63. The third kappa shape index (κ3) is 6.86. The number of halogens is 9. The van der Waals surface area contributed by atoms with Crippen molar-refractivity contribution in [1.82, 2.24) is 0 Å². The van der Waals surface area contributed by atoms with Crippen molar-refractivity contribution in [1.29, 1.82) is 0 Å². The topological polar surface area (TPSA) is 75.7 Å². The van der Waals surface area contributed by atoms with E-state index < -0.39 is 33.4 Å². The van der Waals surface area contributed by atoms with E-state index in [2.05, 4.69) is 55.5 Å². The zero-order valence-electron chi connectivity index (χ0n) is 21.2. The molecule has 0 aliphatic carbocycles. The predicted molar refractivity (Wildman–Crippen MR) is 130 cm³/mol. The van der Waals surface area contributed by atoms with Gasteiger partial charge >= 0.3 is 23.3 Å². The Labute approximate surface area is 232 Å². The molecule has 0 saturated heterocycles. The zero-order valence-corrected chi connectivity index (χ0v) is 22.8. The third-order valence-corrected chi connectivity index (χ3v) is 8.45. The minimum Gasteiger partial charge on any atom is -0.743 e. The van der Waals surface area contributed by atoms with Gasteiger partial charge in [-0.2, -0.15) is 39.5 Å². The first kappa shape index (κ1) is 34.1. The van der Waals surface area contributed by atoms with E-state index in [1.807, 2.05) is 24.3 Å². The van der Waals surface area contributed by atoms with Crippen LogP contribution in [-0.4, -0.2) is 50.5 Å². The van der Waals surface area contributed by atoms with Crippen molar-refractivity contribution >= 4 is 21.0 Å². The highest BCUT2D eigenvalue weighted by Gasteiger charge is 2.83. The highest BCUT2D eigenvalue weighted by Crippen LogP contribution is 2.54. The minimum atomic E-state index is -7.43. The summed E-state index contributed by atoms with van der Waals surface area (Å²) in [6, 6.07) is 25.1. The van der Waals surface area contributed by atoms with Crippen molar-refractivity contribution < 1.29 is 62.0 Å². The first-order valence-electron chi connectivity index (χ1n) is 11.0. The molecule has 0 fully saturated rings. The standard InChI is InChI=1S/C21H21O2S.C4HF9O3S/c1-16-12-14-17(15-13-16)24(20-10-6-4-8-18(20)22-2)21-11-7-5-9-19(21)23-3;5-1(6,3(9,10)11)2(7,8)4(12,13)17(14,15)16/h4-15H,1-3H3;(H,14,15,16)/q+1;/p-1. The van der Waals surface area contributed by atoms with Crippen LogP contribution in [0.2, 0.25) is 0 Å². The van der Waals surface area contributed by atoms with Gasteiger partial charge in [0, 0.05) is 0 Å². The van der Waals surface area contributed by atoms with Gasteiger partial charge in [-0.05, 0) is 43.3 Å². The second-order valence-corrected chi connectivity index (χ2v) is 11.4. The van der Waals surface area contributed by atoms with E-state index in [1.54, 1.807) is 14.2 Å². The first-order chi connectivity index (χ1) is 18.7. The molecule has 3 rings (SSSR count). The van der Waals surface area contributed by atoms with Crippen LogP contribution in [0.25, 0.3) is 0 Å². The van der Waals surface area contributed by atoms with E-state index in [9.17, 15) is 52.5 Å². The van der Waals surface area contributed by atoms with Gasteiger partial charge < -0.3 is 14.0 Å². The summed E-state index contributed by atoms with van der Waals surface area (Å²) in [6.45, 7) is 2.11. The number of alkyl halides is 9. The molecule has 0 aliphatic heterocycles. The number of ether oxygens (including phenoxy) is 2. The highest BCUT2D eigenvalue weighted by atomic mass is 32.2. The number of rotatable bonds is 8. The second kappa shape index (κ2) is 12.4. The smallest absolute Gasteiger partial charge is 0.460 e. The maximum atomic E-state index is 12.2. The van der Waals surface area contributed by atoms with Crippen molar-refractivity contribution in [2.75, 3.05) is 14.2 Å². The highest BCUT2D eigenvalue weighted by molar-refractivity contribution is 7.97. The van der Waals surface area contributed by atoms with Crippen molar-refractivity contribution in [3.63, 3.8) is 0 Å². The molecule has 0 N–H and O–H groups in total. The average molecular weight is 637 g/mol. The van der Waals surface area contributed by atoms with Gasteiger partial charge in [0.1, 0.15) is 10.9 Å². The fourth-order valence-corrected chi connectivity index (χ4v) is 5.87. The van der Waals surface area contributed by atoms with Gasteiger partial charge in [-0.25, -0.2) is 8.42 Å². The molecule has 0 spiro atoms. The molecule has 0 aliphatic rings. The summed E-state index contributed by atoms with van der Waals surface area (Å²) in [6.07, 6.45) is -7.16. The lowest BCUT2D eigenvalue weighted by atomic mass is 10.1. The van der Waals surface area contributed by atoms with Crippen LogP contribution in [0, 0.1) is 6.92 Å². The summed E-state index contributed by atoms with van der Waals surface area (Å²) in [4.78, 5) is 3.57. The molecule has 226 valence electrons. The fraction of sp³-hybridized carbons (Fsp3) is 0.280. The third-order valence-electron chi connectivity index (χ3n) is 5.26. The summed E-state index contributed by atoms with van der Waals surface area (Å²) in [7, 11) is -4.27. The van der Waals surface area contributed by atoms with Crippen LogP contribution in [-0.2, 0) is 21.0 Å². The zero-order chi connectivity index (χ0) is 31.4. The van der Waals surface area contributed by atoms with E-state index in [1.165, 1.54) is 10.5 Å². The van der Waals surface area contributed by atoms with Gasteiger partial charge in [0.2, 0.25) is 9.79 Å². The molecule has 0 bridgehead atoms. The molecular formula is C25H21F9O5S2. The van der Waals surface area contributed by atoms with Gasteiger partial charge in [-0.15, -0.1) is 0 Å². The largest absolute Gasteiger partial charge is 0.743 e. The quantitative estimate of drug-likeness (QED) is 0.150. The van der Waals surface area contributed by atoms with Crippen LogP contribution >= 0.6 is 0 Å². The van der Waals surface area contributed by atoms with E-state index in [0.717, 1.165) is 21.3 Å². The number of hydrogen-bond acceptors (Lipinski definition) is 5. The summed E-state index contributed by atoms with van der Waals surface area (Å²) >= 11 is 0. The van der Waals surface area contributed by atoms with Crippen molar-refractivity contribution in [2.45, 2.75) is 44.9 Å². The van der Waals surface area contributed by atoms with Gasteiger partial charge in [0.05, 0.1) is 14.2 Å². The second-order valence-electron chi connectivity index (χ2n) is 8.04. The van der Waals surface area contributed by atoms with Crippen LogP contribution in [0.3, 0.4) is 0 Å². The van der Waals surface area contributed by atoms with E-state index in [-0.39, 0.29) is 10.9 Å². The maximum Gasteiger partial charge on any atom is 0.460 e. The Hall–Kier alpha value is -3.11. The van der Waals surface area contributed by atoms with Crippen molar-refractivity contribution in [3.8, 4) is 11.5 Å². The van der Waals surface area contributed by atoms with E-state index >= 15 is 0 Å². The normalized spacial score (nSPS) is 12.9. The lowest BCUT2D eigenvalue weighted by Gasteiger charge is -2.34. The number of para-hydroxylation sites is 2. The number of hydrogen-bond donors (Lipinski definition) is 0. The van der Waals surface area contributed by atoms with Gasteiger partial charge in [0.25, 0.3) is 0 Å². The molecule has 0 aromatic heterocycles. The Bertz CT molecular complexity index is 1380. The molecule has 41 heavy (non-hydrogen) atoms. The molecule has 5 nitrogen and oxygen atoms in total. The van der Waals surface area contributed by atoms with Crippen LogP contribution in [0.1, 0.15) is 5.56 Å². The Morgan fingerprint density at radius 2 is 1.05 bits per heavy atom. The Balaban J connectivity index is 0.000000307. The molecule has 16 heteroatoms. The van der Waals surface area contributed by atoms with Crippen LogP contribution in [0.5, 0.6) is 11.5 Å². The van der Waals surface area contributed by atoms with Crippen molar-refractivity contribution in [2.24, 2.45) is 0 Å². The number of benzene rings is 3. The summed E-state index contributed by atoms with van der Waals surface area (Å²) in [5, 5.41) is -7.11. The fourth-order valence-electron chi connectivity index (χ4n) is 3.14. The van der Waals surface area contributed by atoms with Gasteiger partial charge in [-0.3, -0.25) is 0 Å². The lowest BCUT2D eigenvalue weighted by molar-refractivity contribution is -0.382. The molecule has 3 aromatic carbocycles. The van der Waals surface area contributed by atoms with Crippen LogP contribution < -0.4 is 9.47 Å². The summed E-state index contributed by atoms with van der Waals surface area (Å²) < 4.78 is 147. The molecule has 0 saturated carbocycles. The van der Waals surface area contributed by atoms with E-state index in [0.29, 0.717) is 0 Å². The average Bonchev–Trinajstić information content (AvgIpc) is 2.89. The SMILES string of the molecule is COc1ccccc1[S+](c1ccc(C)cc1)c1ccccc1OC.O=S(=O)([O-])C(F)(F)C(F)(F)C(F)(F)C(F)(F)F. The molecule has 0 atom stereocenters. The van der Waals surface area contributed by atoms with Crippen molar-refractivity contribution in [3.05, 3.63) is 78.4 Å². The maximum absolute atomic E-state index is 12.2. The Morgan fingerprint density at radius 3 is 1.39 bits per heavy atom. The first-order valence-corrected chi connectivity index (χ1v) is 13.6. The molecular weight excluding hydrogens is 615 g/mol. The minimum absolute atomic E-state index is 0.296. The molecule has 0 radical (unpaired) electrons. The number of aryl methyl sites for hydroxylation is 1. The molecule has 0 amide bonds. The molecule has 3 aromatic rings. The number of methoxy groups -OCH3 is 2. The van der Waals surface area contributed by atoms with E-state index in [4.69, 9.17) is 9.47 Å². The molecule has 0 heterocycles. The van der Waals surface area contributed by atoms with Gasteiger partial charge in [-0.1, -0.05) is 42.0 Å². The predicted octanol–water partition coefficient (Wildman–Crippen LogP) is 7.06. The van der Waals surface area contributed by atoms with Crippen LogP contribution in [0.4, 0.5) is 39.5 Å². The Morgan fingerprint density at radius 1 is 0.659 bits per heavy atom. The summed E-state index contributed by atoms with van der Waals surface area (Å²) in [5.41, 5.74) is 1.25. The molecule has 0 unspecified atom stereocenters. The Kier molecular flexibility index (Phi) is 10.3. The van der Waals surface area contributed by atoms with Gasteiger partial charge in [0.15, 0.2) is 26.5 Å².